The van der Waals surface area contributed by atoms with Crippen molar-refractivity contribution in [2.24, 2.45) is 5.92 Å². The van der Waals surface area contributed by atoms with Gasteiger partial charge >= 0.3 is 0 Å². The second-order valence-electron chi connectivity index (χ2n) is 4.86. The van der Waals surface area contributed by atoms with Gasteiger partial charge in [-0.25, -0.2) is 0 Å². The number of nitrogens with one attached hydrogen (secondary N) is 1. The molecule has 1 unspecified atom stereocenters. The Bertz CT molecular complexity index is 291. The lowest BCUT2D eigenvalue weighted by atomic mass is 9.82. The lowest BCUT2D eigenvalue weighted by molar-refractivity contribution is 0.276. The molecule has 1 aliphatic carbocycles. The molecular formula is C14H22N2. The molecule has 88 valence electrons. The van der Waals surface area contributed by atoms with Gasteiger partial charge in [0.25, 0.3) is 0 Å². The van der Waals surface area contributed by atoms with Crippen LogP contribution in [0.4, 0.5) is 0 Å². The standard InChI is InChI=1S/C14H22N2/c1-15-14(13-7-3-2-4-8-13)10-12-6-5-9-16-11-12/h5-6,9,11,13-15H,2-4,7-8,10H2,1H3. The van der Waals surface area contributed by atoms with E-state index in [9.17, 15) is 0 Å². The van der Waals surface area contributed by atoms with Crippen LogP contribution in [0, 0.1) is 5.92 Å². The van der Waals surface area contributed by atoms with E-state index < -0.39 is 0 Å². The van der Waals surface area contributed by atoms with Gasteiger partial charge in [-0.3, -0.25) is 4.98 Å². The average Bonchev–Trinajstić information content (AvgIpc) is 2.38. The van der Waals surface area contributed by atoms with Crippen LogP contribution < -0.4 is 5.32 Å². The number of aromatic nitrogens is 1. The summed E-state index contributed by atoms with van der Waals surface area (Å²) < 4.78 is 0. The maximum Gasteiger partial charge on any atom is 0.0300 e. The van der Waals surface area contributed by atoms with Crippen LogP contribution in [-0.4, -0.2) is 18.1 Å². The molecule has 0 saturated heterocycles. The summed E-state index contributed by atoms with van der Waals surface area (Å²) in [6, 6.07) is 4.84. The normalized spacial score (nSPS) is 19.6. The van der Waals surface area contributed by atoms with Crippen molar-refractivity contribution in [3.63, 3.8) is 0 Å². The quantitative estimate of drug-likeness (QED) is 0.840. The van der Waals surface area contributed by atoms with Gasteiger partial charge in [-0.1, -0.05) is 25.3 Å². The summed E-state index contributed by atoms with van der Waals surface area (Å²) in [5, 5.41) is 3.49. The number of rotatable bonds is 4. The van der Waals surface area contributed by atoms with E-state index in [0.29, 0.717) is 6.04 Å². The predicted octanol–water partition coefficient (Wildman–Crippen LogP) is 2.79. The molecule has 0 spiro atoms. The highest BCUT2D eigenvalue weighted by Crippen LogP contribution is 2.27. The largest absolute Gasteiger partial charge is 0.316 e. The Morgan fingerprint density at radius 3 is 2.81 bits per heavy atom. The lowest BCUT2D eigenvalue weighted by Crippen LogP contribution is -2.36. The van der Waals surface area contributed by atoms with E-state index in [4.69, 9.17) is 0 Å². The van der Waals surface area contributed by atoms with Gasteiger partial charge in [0.05, 0.1) is 0 Å². The molecule has 0 bridgehead atoms. The van der Waals surface area contributed by atoms with E-state index in [0.717, 1.165) is 12.3 Å². The molecule has 0 aromatic carbocycles. The Morgan fingerprint density at radius 2 is 2.19 bits per heavy atom. The molecule has 1 fully saturated rings. The van der Waals surface area contributed by atoms with Crippen molar-refractivity contribution in [3.8, 4) is 0 Å². The minimum Gasteiger partial charge on any atom is -0.316 e. The maximum atomic E-state index is 4.19. The number of hydrogen-bond acceptors (Lipinski definition) is 2. The van der Waals surface area contributed by atoms with Crippen molar-refractivity contribution in [2.45, 2.75) is 44.6 Å². The Kier molecular flexibility index (Phi) is 4.34. The molecular weight excluding hydrogens is 196 g/mol. The zero-order valence-electron chi connectivity index (χ0n) is 10.2. The molecule has 1 N–H and O–H groups in total. The summed E-state index contributed by atoms with van der Waals surface area (Å²) in [6.07, 6.45) is 12.0. The van der Waals surface area contributed by atoms with Crippen molar-refractivity contribution in [1.29, 1.82) is 0 Å². The van der Waals surface area contributed by atoms with E-state index in [1.165, 1.54) is 37.7 Å². The summed E-state index contributed by atoms with van der Waals surface area (Å²) >= 11 is 0. The molecule has 1 heterocycles. The van der Waals surface area contributed by atoms with Crippen LogP contribution in [0.15, 0.2) is 24.5 Å². The van der Waals surface area contributed by atoms with Crippen molar-refractivity contribution in [2.75, 3.05) is 7.05 Å². The first-order valence-electron chi connectivity index (χ1n) is 6.46. The van der Waals surface area contributed by atoms with Crippen LogP contribution in [0.5, 0.6) is 0 Å². The SMILES string of the molecule is CNC(Cc1cccnc1)C1CCCCC1. The second kappa shape index (κ2) is 6.00. The molecule has 1 aliphatic rings. The fourth-order valence-corrected chi connectivity index (χ4v) is 2.81. The molecule has 2 nitrogen and oxygen atoms in total. The summed E-state index contributed by atoms with van der Waals surface area (Å²) in [6.45, 7) is 0. The minimum atomic E-state index is 0.629. The Labute approximate surface area is 98.5 Å². The number of likely N-dealkylation sites (N-methyl/N-ethyl adjacent to an activating group) is 1. The molecule has 0 aliphatic heterocycles. The van der Waals surface area contributed by atoms with Crippen LogP contribution >= 0.6 is 0 Å². The van der Waals surface area contributed by atoms with Crippen LogP contribution in [0.3, 0.4) is 0 Å². The van der Waals surface area contributed by atoms with Crippen molar-refractivity contribution < 1.29 is 0 Å². The topological polar surface area (TPSA) is 24.9 Å². The van der Waals surface area contributed by atoms with Crippen LogP contribution in [0.2, 0.25) is 0 Å². The van der Waals surface area contributed by atoms with Gasteiger partial charge in [0.2, 0.25) is 0 Å². The Hall–Kier alpha value is -0.890. The predicted molar refractivity (Wildman–Crippen MR) is 67.4 cm³/mol. The third-order valence-electron chi connectivity index (χ3n) is 3.77. The smallest absolute Gasteiger partial charge is 0.0300 e. The molecule has 1 saturated carbocycles. The summed E-state index contributed by atoms with van der Waals surface area (Å²) in [5.74, 6) is 0.860. The summed E-state index contributed by atoms with van der Waals surface area (Å²) in [7, 11) is 2.09. The van der Waals surface area contributed by atoms with Gasteiger partial charge in [0, 0.05) is 18.4 Å². The van der Waals surface area contributed by atoms with Gasteiger partial charge in [-0.15, -0.1) is 0 Å². The van der Waals surface area contributed by atoms with E-state index in [-0.39, 0.29) is 0 Å². The van der Waals surface area contributed by atoms with E-state index >= 15 is 0 Å². The van der Waals surface area contributed by atoms with Crippen LogP contribution in [0.1, 0.15) is 37.7 Å². The highest BCUT2D eigenvalue weighted by atomic mass is 14.9. The first-order chi connectivity index (χ1) is 7.90. The fourth-order valence-electron chi connectivity index (χ4n) is 2.81. The Balaban J connectivity index is 1.94. The van der Waals surface area contributed by atoms with E-state index in [1.807, 2.05) is 18.5 Å². The fraction of sp³-hybridized carbons (Fsp3) is 0.643. The summed E-state index contributed by atoms with van der Waals surface area (Å²) in [4.78, 5) is 4.19. The highest BCUT2D eigenvalue weighted by molar-refractivity contribution is 5.10. The summed E-state index contributed by atoms with van der Waals surface area (Å²) in [5.41, 5.74) is 1.35. The molecule has 1 aromatic rings. The molecule has 1 aromatic heterocycles. The van der Waals surface area contributed by atoms with Crippen LogP contribution in [0.25, 0.3) is 0 Å². The molecule has 1 atom stereocenters. The zero-order valence-corrected chi connectivity index (χ0v) is 10.2. The average molecular weight is 218 g/mol. The lowest BCUT2D eigenvalue weighted by Gasteiger charge is -2.30. The first-order valence-corrected chi connectivity index (χ1v) is 6.46. The third-order valence-corrected chi connectivity index (χ3v) is 3.77. The number of hydrogen-bond donors (Lipinski definition) is 1. The van der Waals surface area contributed by atoms with E-state index in [2.05, 4.69) is 23.4 Å². The zero-order chi connectivity index (χ0) is 11.2. The number of pyridine rings is 1. The van der Waals surface area contributed by atoms with Crippen LogP contribution in [-0.2, 0) is 6.42 Å². The van der Waals surface area contributed by atoms with Gasteiger partial charge in [-0.2, -0.15) is 0 Å². The van der Waals surface area contributed by atoms with Crippen molar-refractivity contribution in [3.05, 3.63) is 30.1 Å². The van der Waals surface area contributed by atoms with Gasteiger partial charge in [0.1, 0.15) is 0 Å². The van der Waals surface area contributed by atoms with Crippen molar-refractivity contribution >= 4 is 0 Å². The van der Waals surface area contributed by atoms with Gasteiger partial charge in [0.15, 0.2) is 0 Å². The minimum absolute atomic E-state index is 0.629. The molecule has 0 amide bonds. The monoisotopic (exact) mass is 218 g/mol. The van der Waals surface area contributed by atoms with Crippen molar-refractivity contribution in [1.82, 2.24) is 10.3 Å². The molecule has 0 radical (unpaired) electrons. The first kappa shape index (κ1) is 11.6. The number of nitrogens with zero attached hydrogens (tertiary/aromatic N) is 1. The van der Waals surface area contributed by atoms with E-state index in [1.54, 1.807) is 0 Å². The molecule has 2 rings (SSSR count). The van der Waals surface area contributed by atoms with Gasteiger partial charge in [-0.05, 0) is 43.9 Å². The molecule has 2 heteroatoms. The Morgan fingerprint density at radius 1 is 1.38 bits per heavy atom. The highest BCUT2D eigenvalue weighted by Gasteiger charge is 2.22. The third kappa shape index (κ3) is 3.05. The van der Waals surface area contributed by atoms with Gasteiger partial charge < -0.3 is 5.32 Å². The second-order valence-corrected chi connectivity index (χ2v) is 4.86. The molecule has 16 heavy (non-hydrogen) atoms. The maximum absolute atomic E-state index is 4.19.